The van der Waals surface area contributed by atoms with Crippen molar-refractivity contribution >= 4 is 52.3 Å². The van der Waals surface area contributed by atoms with Crippen LogP contribution >= 0.6 is 34.8 Å². The summed E-state index contributed by atoms with van der Waals surface area (Å²) >= 11 is 17.4. The van der Waals surface area contributed by atoms with Gasteiger partial charge in [-0.05, 0) is 30.3 Å². The Morgan fingerprint density at radius 2 is 1.74 bits per heavy atom. The Labute approximate surface area is 124 Å². The van der Waals surface area contributed by atoms with Crippen LogP contribution in [-0.2, 0) is 0 Å². The highest BCUT2D eigenvalue weighted by molar-refractivity contribution is 6.36. The van der Waals surface area contributed by atoms with Gasteiger partial charge >= 0.3 is 6.03 Å². The number of carbonyl (C=O) groups excluding carboxylic acids is 1. The summed E-state index contributed by atoms with van der Waals surface area (Å²) in [5, 5.41) is 6.48. The highest BCUT2D eigenvalue weighted by Crippen LogP contribution is 2.25. The molecule has 1 heterocycles. The normalized spacial score (nSPS) is 10.1. The van der Waals surface area contributed by atoms with Gasteiger partial charge in [0.05, 0.1) is 15.7 Å². The van der Waals surface area contributed by atoms with Gasteiger partial charge in [0.2, 0.25) is 0 Å². The van der Waals surface area contributed by atoms with Gasteiger partial charge in [-0.1, -0.05) is 34.8 Å². The lowest BCUT2D eigenvalue weighted by Gasteiger charge is -2.08. The van der Waals surface area contributed by atoms with Crippen LogP contribution in [0.25, 0.3) is 0 Å². The van der Waals surface area contributed by atoms with Gasteiger partial charge in [-0.25, -0.2) is 9.78 Å². The molecule has 0 spiro atoms. The molecule has 0 fully saturated rings. The summed E-state index contributed by atoms with van der Waals surface area (Å²) < 4.78 is 0. The van der Waals surface area contributed by atoms with Crippen molar-refractivity contribution < 1.29 is 4.79 Å². The molecule has 0 unspecified atom stereocenters. The molecule has 2 amide bonds. The molecular weight excluding hydrogens is 309 g/mol. The number of halogens is 3. The van der Waals surface area contributed by atoms with E-state index in [0.717, 1.165) is 0 Å². The van der Waals surface area contributed by atoms with E-state index in [0.29, 0.717) is 26.6 Å². The van der Waals surface area contributed by atoms with Gasteiger partial charge in [-0.2, -0.15) is 0 Å². The molecule has 1 aromatic heterocycles. The molecule has 0 saturated heterocycles. The first-order valence-electron chi connectivity index (χ1n) is 5.19. The highest BCUT2D eigenvalue weighted by atomic mass is 35.5. The SMILES string of the molecule is O=C(Nc1ccc(Cl)cn1)Nc1ccc(Cl)cc1Cl. The predicted molar refractivity (Wildman–Crippen MR) is 78.4 cm³/mol. The summed E-state index contributed by atoms with van der Waals surface area (Å²) in [7, 11) is 0. The van der Waals surface area contributed by atoms with Crippen LogP contribution in [0.3, 0.4) is 0 Å². The Hall–Kier alpha value is -1.49. The predicted octanol–water partition coefficient (Wildman–Crippen LogP) is 4.69. The van der Waals surface area contributed by atoms with E-state index in [9.17, 15) is 4.79 Å². The van der Waals surface area contributed by atoms with E-state index in [-0.39, 0.29) is 0 Å². The quantitative estimate of drug-likeness (QED) is 0.844. The highest BCUT2D eigenvalue weighted by Gasteiger charge is 2.07. The van der Waals surface area contributed by atoms with Crippen molar-refractivity contribution in [1.82, 2.24) is 4.98 Å². The molecule has 0 radical (unpaired) electrons. The molecule has 0 aliphatic carbocycles. The standard InChI is InChI=1S/C12H8Cl3N3O/c13-7-1-3-10(9(15)5-7)17-12(19)18-11-4-2-8(14)6-16-11/h1-6H,(H2,16,17,18,19). The van der Waals surface area contributed by atoms with Crippen molar-refractivity contribution in [2.24, 2.45) is 0 Å². The van der Waals surface area contributed by atoms with E-state index in [1.54, 1.807) is 30.3 Å². The molecule has 1 aromatic carbocycles. The number of rotatable bonds is 2. The minimum absolute atomic E-state index is 0.353. The lowest BCUT2D eigenvalue weighted by molar-refractivity contribution is 0.262. The van der Waals surface area contributed by atoms with Crippen LogP contribution in [0.2, 0.25) is 15.1 Å². The first-order valence-corrected chi connectivity index (χ1v) is 6.32. The molecule has 2 aromatic rings. The summed E-state index contributed by atoms with van der Waals surface area (Å²) in [5.41, 5.74) is 0.456. The second-order valence-electron chi connectivity index (χ2n) is 3.56. The van der Waals surface area contributed by atoms with Crippen LogP contribution in [0.5, 0.6) is 0 Å². The van der Waals surface area contributed by atoms with Crippen LogP contribution in [0, 0.1) is 0 Å². The van der Waals surface area contributed by atoms with Gasteiger partial charge in [0.15, 0.2) is 0 Å². The summed E-state index contributed by atoms with van der Waals surface area (Å²) in [4.78, 5) is 15.7. The number of hydrogen-bond acceptors (Lipinski definition) is 2. The molecule has 7 heteroatoms. The monoisotopic (exact) mass is 315 g/mol. The minimum atomic E-state index is -0.459. The van der Waals surface area contributed by atoms with Crippen molar-refractivity contribution in [1.29, 1.82) is 0 Å². The fourth-order valence-corrected chi connectivity index (χ4v) is 1.88. The van der Waals surface area contributed by atoms with Crippen molar-refractivity contribution in [2.45, 2.75) is 0 Å². The number of amides is 2. The molecule has 0 aliphatic heterocycles. The Morgan fingerprint density at radius 1 is 1.00 bits per heavy atom. The summed E-state index contributed by atoms with van der Waals surface area (Å²) in [6, 6.07) is 7.53. The molecule has 0 saturated carbocycles. The lowest BCUT2D eigenvalue weighted by atomic mass is 10.3. The molecular formula is C12H8Cl3N3O. The fraction of sp³-hybridized carbons (Fsp3) is 0. The zero-order valence-electron chi connectivity index (χ0n) is 9.45. The number of nitrogens with one attached hydrogen (secondary N) is 2. The van der Waals surface area contributed by atoms with Crippen LogP contribution in [-0.4, -0.2) is 11.0 Å². The third-order valence-corrected chi connectivity index (χ3v) is 2.92. The van der Waals surface area contributed by atoms with Crippen LogP contribution in [0.4, 0.5) is 16.3 Å². The molecule has 2 rings (SSSR count). The van der Waals surface area contributed by atoms with Crippen LogP contribution in [0.15, 0.2) is 36.5 Å². The number of benzene rings is 1. The first kappa shape index (κ1) is 13.9. The summed E-state index contributed by atoms with van der Waals surface area (Å²) in [6.45, 7) is 0. The van der Waals surface area contributed by atoms with Gasteiger partial charge in [-0.15, -0.1) is 0 Å². The molecule has 19 heavy (non-hydrogen) atoms. The second-order valence-corrected chi connectivity index (χ2v) is 4.85. The van der Waals surface area contributed by atoms with E-state index in [2.05, 4.69) is 15.6 Å². The Bertz CT molecular complexity index is 602. The number of carbonyl (C=O) groups is 1. The number of nitrogens with zero attached hydrogens (tertiary/aromatic N) is 1. The van der Waals surface area contributed by atoms with Gasteiger partial charge in [0.1, 0.15) is 5.82 Å². The molecule has 0 aliphatic rings. The third kappa shape index (κ3) is 3.99. The molecule has 4 nitrogen and oxygen atoms in total. The second kappa shape index (κ2) is 6.10. The van der Waals surface area contributed by atoms with E-state index in [4.69, 9.17) is 34.8 Å². The molecule has 2 N–H and O–H groups in total. The zero-order chi connectivity index (χ0) is 13.8. The van der Waals surface area contributed by atoms with E-state index in [1.165, 1.54) is 6.20 Å². The van der Waals surface area contributed by atoms with Crippen molar-refractivity contribution in [3.05, 3.63) is 51.6 Å². The first-order chi connectivity index (χ1) is 9.04. The Balaban J connectivity index is 2.03. The number of anilines is 2. The fourth-order valence-electron chi connectivity index (χ4n) is 1.31. The average molecular weight is 317 g/mol. The minimum Gasteiger partial charge on any atom is -0.306 e. The van der Waals surface area contributed by atoms with E-state index < -0.39 is 6.03 Å². The zero-order valence-corrected chi connectivity index (χ0v) is 11.7. The van der Waals surface area contributed by atoms with Crippen LogP contribution in [0.1, 0.15) is 0 Å². The van der Waals surface area contributed by atoms with Crippen molar-refractivity contribution in [2.75, 3.05) is 10.6 Å². The molecule has 0 atom stereocenters. The number of urea groups is 1. The maximum absolute atomic E-state index is 11.7. The number of hydrogen-bond donors (Lipinski definition) is 2. The van der Waals surface area contributed by atoms with Crippen LogP contribution < -0.4 is 10.6 Å². The lowest BCUT2D eigenvalue weighted by Crippen LogP contribution is -2.20. The van der Waals surface area contributed by atoms with Gasteiger partial charge in [0.25, 0.3) is 0 Å². The van der Waals surface area contributed by atoms with Gasteiger partial charge < -0.3 is 5.32 Å². The largest absolute Gasteiger partial charge is 0.324 e. The Morgan fingerprint density at radius 3 is 2.37 bits per heavy atom. The van der Waals surface area contributed by atoms with Crippen molar-refractivity contribution in [3.63, 3.8) is 0 Å². The number of aromatic nitrogens is 1. The average Bonchev–Trinajstić information content (AvgIpc) is 2.36. The number of pyridine rings is 1. The smallest absolute Gasteiger partial charge is 0.306 e. The van der Waals surface area contributed by atoms with Gasteiger partial charge in [0, 0.05) is 11.2 Å². The maximum atomic E-state index is 11.7. The van der Waals surface area contributed by atoms with Gasteiger partial charge in [-0.3, -0.25) is 5.32 Å². The third-order valence-electron chi connectivity index (χ3n) is 2.15. The topological polar surface area (TPSA) is 54.0 Å². The van der Waals surface area contributed by atoms with Crippen molar-refractivity contribution in [3.8, 4) is 0 Å². The Kier molecular flexibility index (Phi) is 4.47. The molecule has 98 valence electrons. The molecule has 0 bridgehead atoms. The summed E-state index contributed by atoms with van der Waals surface area (Å²) in [6.07, 6.45) is 1.44. The summed E-state index contributed by atoms with van der Waals surface area (Å²) in [5.74, 6) is 0.381. The maximum Gasteiger partial charge on any atom is 0.324 e. The van der Waals surface area contributed by atoms with E-state index >= 15 is 0 Å². The van der Waals surface area contributed by atoms with E-state index in [1.807, 2.05) is 0 Å².